The number of hydrogen-bond acceptors (Lipinski definition) is 11. The average molecular weight is 563 g/mol. The standard InChI is InChI=1S/C26H18N4O7S2/c31-19-9-7-17(8-10-19)27-29-24-11-12-25(22-4-2-1-3-21(22)24)30-28-18-6-5-16-13-20(38-37-36-32)15-26(23(16)14-18)39(33,34)35/h1-15,31-32H,(H,33,34,35). The van der Waals surface area contributed by atoms with Crippen LogP contribution in [0.1, 0.15) is 0 Å². The SMILES string of the molecule is O=S(=O)(O)c1cc(SOOO)cc2ccc(N=Nc3ccc(N=Nc4ccc(O)cc4)c4ccccc34)cc12. The molecule has 0 saturated heterocycles. The Morgan fingerprint density at radius 1 is 0.692 bits per heavy atom. The van der Waals surface area contributed by atoms with Gasteiger partial charge in [0.2, 0.25) is 0 Å². The molecular weight excluding hydrogens is 544 g/mol. The van der Waals surface area contributed by atoms with Crippen molar-refractivity contribution in [1.82, 2.24) is 0 Å². The number of fused-ring (bicyclic) bond motifs is 2. The van der Waals surface area contributed by atoms with Gasteiger partial charge < -0.3 is 5.11 Å². The van der Waals surface area contributed by atoms with Gasteiger partial charge in [0.1, 0.15) is 10.6 Å². The number of phenols is 1. The van der Waals surface area contributed by atoms with Gasteiger partial charge in [-0.2, -0.15) is 18.6 Å². The maximum absolute atomic E-state index is 12.0. The third-order valence-corrected chi connectivity index (χ3v) is 7.04. The number of azo groups is 2. The lowest BCUT2D eigenvalue weighted by atomic mass is 10.1. The first kappa shape index (κ1) is 26.4. The van der Waals surface area contributed by atoms with Gasteiger partial charge in [0.05, 0.1) is 34.8 Å². The second-order valence-corrected chi connectivity index (χ2v) is 10.3. The van der Waals surface area contributed by atoms with Crippen molar-refractivity contribution in [2.75, 3.05) is 0 Å². The summed E-state index contributed by atoms with van der Waals surface area (Å²) in [6.07, 6.45) is 0. The first-order valence-electron chi connectivity index (χ1n) is 11.2. The van der Waals surface area contributed by atoms with E-state index < -0.39 is 10.1 Å². The van der Waals surface area contributed by atoms with Crippen molar-refractivity contribution in [1.29, 1.82) is 0 Å². The molecule has 5 aromatic rings. The molecule has 13 heteroatoms. The van der Waals surface area contributed by atoms with Crippen LogP contribution in [0.15, 0.2) is 121 Å². The topological polar surface area (TPSA) is 163 Å². The Hall–Kier alpha value is -4.24. The van der Waals surface area contributed by atoms with Gasteiger partial charge in [-0.05, 0) is 66.0 Å². The molecule has 5 aromatic carbocycles. The van der Waals surface area contributed by atoms with E-state index in [0.29, 0.717) is 40.2 Å². The molecule has 39 heavy (non-hydrogen) atoms. The summed E-state index contributed by atoms with van der Waals surface area (Å²) in [5, 5.41) is 40.9. The number of rotatable bonds is 8. The molecule has 11 nitrogen and oxygen atoms in total. The van der Waals surface area contributed by atoms with Gasteiger partial charge in [-0.1, -0.05) is 35.4 Å². The molecule has 5 rings (SSSR count). The minimum Gasteiger partial charge on any atom is -0.508 e. The second kappa shape index (κ2) is 11.2. The van der Waals surface area contributed by atoms with Crippen molar-refractivity contribution < 1.29 is 32.7 Å². The van der Waals surface area contributed by atoms with E-state index in [9.17, 15) is 18.1 Å². The summed E-state index contributed by atoms with van der Waals surface area (Å²) >= 11 is 0.568. The molecule has 0 fully saturated rings. The van der Waals surface area contributed by atoms with E-state index in [1.807, 2.05) is 24.3 Å². The fourth-order valence-corrected chi connectivity index (χ4v) is 5.10. The Morgan fingerprint density at radius 2 is 1.31 bits per heavy atom. The molecule has 0 saturated carbocycles. The molecule has 0 heterocycles. The van der Waals surface area contributed by atoms with Crippen LogP contribution in [0.3, 0.4) is 0 Å². The molecular formula is C26H18N4O7S2. The molecule has 0 aromatic heterocycles. The average Bonchev–Trinajstić information content (AvgIpc) is 2.94. The summed E-state index contributed by atoms with van der Waals surface area (Å²) in [6, 6.07) is 24.9. The Labute approximate surface area is 225 Å². The van der Waals surface area contributed by atoms with Crippen LogP contribution in [0.2, 0.25) is 0 Å². The normalized spacial score (nSPS) is 12.3. The number of phenolic OH excluding ortho intramolecular Hbond substituents is 1. The highest BCUT2D eigenvalue weighted by molar-refractivity contribution is 7.94. The monoisotopic (exact) mass is 562 g/mol. The minimum atomic E-state index is -4.60. The van der Waals surface area contributed by atoms with E-state index in [-0.39, 0.29) is 20.9 Å². The van der Waals surface area contributed by atoms with Crippen LogP contribution in [0.4, 0.5) is 22.7 Å². The Kier molecular flexibility index (Phi) is 7.60. The summed E-state index contributed by atoms with van der Waals surface area (Å²) in [5.74, 6) is 0.140. The Bertz CT molecular complexity index is 1840. The van der Waals surface area contributed by atoms with Gasteiger partial charge in [-0.25, -0.2) is 5.26 Å². The molecule has 0 amide bonds. The molecule has 196 valence electrons. The van der Waals surface area contributed by atoms with Crippen molar-refractivity contribution >= 4 is 66.5 Å². The highest BCUT2D eigenvalue weighted by Gasteiger charge is 2.17. The summed E-state index contributed by atoms with van der Waals surface area (Å²) in [5.41, 5.74) is 2.10. The molecule has 0 spiro atoms. The molecule has 0 unspecified atom stereocenters. The van der Waals surface area contributed by atoms with Gasteiger partial charge in [0.25, 0.3) is 10.1 Å². The van der Waals surface area contributed by atoms with Gasteiger partial charge in [-0.15, -0.1) is 14.6 Å². The fraction of sp³-hybridized carbons (Fsp3) is 0. The third kappa shape index (κ3) is 6.09. The smallest absolute Gasteiger partial charge is 0.295 e. The molecule has 0 aliphatic rings. The Morgan fingerprint density at radius 3 is 1.92 bits per heavy atom. The number of benzene rings is 5. The maximum Gasteiger partial charge on any atom is 0.295 e. The second-order valence-electron chi connectivity index (χ2n) is 8.09. The van der Waals surface area contributed by atoms with E-state index in [4.69, 9.17) is 5.26 Å². The Balaban J connectivity index is 1.50. The van der Waals surface area contributed by atoms with E-state index >= 15 is 0 Å². The van der Waals surface area contributed by atoms with Crippen LogP contribution in [-0.4, -0.2) is 23.3 Å². The lowest BCUT2D eigenvalue weighted by Gasteiger charge is -2.08. The highest BCUT2D eigenvalue weighted by Crippen LogP contribution is 2.37. The van der Waals surface area contributed by atoms with Crippen LogP contribution >= 0.6 is 12.0 Å². The molecule has 3 N–H and O–H groups in total. The van der Waals surface area contributed by atoms with E-state index in [0.717, 1.165) is 10.8 Å². The molecule has 0 bridgehead atoms. The van der Waals surface area contributed by atoms with Crippen LogP contribution in [0.25, 0.3) is 21.5 Å². The minimum absolute atomic E-state index is 0.140. The largest absolute Gasteiger partial charge is 0.508 e. The maximum atomic E-state index is 12.0. The van der Waals surface area contributed by atoms with Crippen molar-refractivity contribution in [3.05, 3.63) is 91.0 Å². The first-order chi connectivity index (χ1) is 18.8. The zero-order chi connectivity index (χ0) is 27.4. The lowest BCUT2D eigenvalue weighted by Crippen LogP contribution is -1.99. The van der Waals surface area contributed by atoms with Crippen molar-refractivity contribution in [3.8, 4) is 5.75 Å². The number of hydrogen-bond donors (Lipinski definition) is 3. The number of aromatic hydroxyl groups is 1. The molecule has 0 aliphatic heterocycles. The molecule has 0 radical (unpaired) electrons. The van der Waals surface area contributed by atoms with Crippen LogP contribution < -0.4 is 0 Å². The predicted molar refractivity (Wildman–Crippen MR) is 145 cm³/mol. The van der Waals surface area contributed by atoms with Crippen LogP contribution in [0, 0.1) is 0 Å². The molecule has 0 aliphatic carbocycles. The van der Waals surface area contributed by atoms with Gasteiger partial charge in [-0.3, -0.25) is 4.55 Å². The number of nitrogens with zero attached hydrogens (tertiary/aromatic N) is 4. The van der Waals surface area contributed by atoms with E-state index in [2.05, 4.69) is 29.8 Å². The van der Waals surface area contributed by atoms with E-state index in [1.165, 1.54) is 24.3 Å². The van der Waals surface area contributed by atoms with Gasteiger partial charge in [0.15, 0.2) is 0 Å². The summed E-state index contributed by atoms with van der Waals surface area (Å²) in [6.45, 7) is 0. The summed E-state index contributed by atoms with van der Waals surface area (Å²) in [4.78, 5) is -0.0949. The quantitative estimate of drug-likeness (QED) is 0.0560. The first-order valence-corrected chi connectivity index (χ1v) is 13.3. The summed E-state index contributed by atoms with van der Waals surface area (Å²) < 4.78 is 38.2. The van der Waals surface area contributed by atoms with Crippen LogP contribution in [-0.2, 0) is 19.5 Å². The van der Waals surface area contributed by atoms with Crippen molar-refractivity contribution in [2.45, 2.75) is 9.79 Å². The predicted octanol–water partition coefficient (Wildman–Crippen LogP) is 8.20. The van der Waals surface area contributed by atoms with Gasteiger partial charge >= 0.3 is 0 Å². The third-order valence-electron chi connectivity index (χ3n) is 5.59. The van der Waals surface area contributed by atoms with Crippen molar-refractivity contribution in [2.24, 2.45) is 20.5 Å². The zero-order valence-electron chi connectivity index (χ0n) is 19.7. The molecule has 0 atom stereocenters. The van der Waals surface area contributed by atoms with Gasteiger partial charge in [0, 0.05) is 21.1 Å². The van der Waals surface area contributed by atoms with Crippen LogP contribution in [0.5, 0.6) is 5.75 Å². The van der Waals surface area contributed by atoms with E-state index in [1.54, 1.807) is 42.5 Å². The lowest BCUT2D eigenvalue weighted by molar-refractivity contribution is -0.432. The highest BCUT2D eigenvalue weighted by atomic mass is 32.2. The fourth-order valence-electron chi connectivity index (χ4n) is 3.85. The van der Waals surface area contributed by atoms with Crippen molar-refractivity contribution in [3.63, 3.8) is 0 Å². The summed E-state index contributed by atoms with van der Waals surface area (Å²) in [7, 11) is -4.60. The zero-order valence-corrected chi connectivity index (χ0v) is 21.4.